The van der Waals surface area contributed by atoms with Gasteiger partial charge in [-0.15, -0.1) is 0 Å². The van der Waals surface area contributed by atoms with Gasteiger partial charge in [0.05, 0.1) is 16.6 Å². The van der Waals surface area contributed by atoms with Crippen LogP contribution < -0.4 is 4.74 Å². The molecule has 30 heavy (non-hydrogen) atoms. The number of aromatic amines is 1. The van der Waals surface area contributed by atoms with Crippen molar-refractivity contribution in [2.75, 3.05) is 0 Å². The van der Waals surface area contributed by atoms with Gasteiger partial charge in [-0.25, -0.2) is 4.98 Å². The number of H-pyrrole nitrogens is 1. The van der Waals surface area contributed by atoms with E-state index in [9.17, 15) is 21.9 Å². The van der Waals surface area contributed by atoms with E-state index >= 15 is 0 Å². The molecule has 0 amide bonds. The van der Waals surface area contributed by atoms with Crippen molar-refractivity contribution in [3.8, 4) is 16.9 Å². The molecule has 9 heteroatoms. The normalized spacial score (nSPS) is 12.8. The summed E-state index contributed by atoms with van der Waals surface area (Å²) >= 11 is -2.27. The Kier molecular flexibility index (Phi) is 5.31. The first kappa shape index (κ1) is 20.1. The molecule has 0 bridgehead atoms. The molecule has 0 saturated heterocycles. The lowest BCUT2D eigenvalue weighted by atomic mass is 10.1. The van der Waals surface area contributed by atoms with E-state index in [1.807, 2.05) is 18.2 Å². The van der Waals surface area contributed by atoms with Crippen molar-refractivity contribution in [1.29, 1.82) is 0 Å². The smallest absolute Gasteiger partial charge is 0.416 e. The maximum absolute atomic E-state index is 12.6. The number of ether oxygens (including phenoxy) is 1. The fraction of sp³-hybridized carbons (Fsp3) is 0.0952. The molecule has 1 aromatic heterocycles. The van der Waals surface area contributed by atoms with Crippen LogP contribution in [0.2, 0.25) is 0 Å². The molecule has 0 fully saturated rings. The van der Waals surface area contributed by atoms with Crippen molar-refractivity contribution in [1.82, 2.24) is 9.97 Å². The maximum atomic E-state index is 12.6. The van der Waals surface area contributed by atoms with Crippen LogP contribution in [0.3, 0.4) is 0 Å². The Bertz CT molecular complexity index is 1200. The number of alkyl halides is 3. The molecule has 0 saturated carbocycles. The molecule has 0 spiro atoms. The van der Waals surface area contributed by atoms with E-state index in [1.54, 1.807) is 12.1 Å². The lowest BCUT2D eigenvalue weighted by Gasteiger charge is -2.08. The molecule has 1 atom stereocenters. The zero-order valence-electron chi connectivity index (χ0n) is 15.3. The number of hydrogen-bond donors (Lipinski definition) is 1. The summed E-state index contributed by atoms with van der Waals surface area (Å²) in [5.41, 5.74) is 2.46. The van der Waals surface area contributed by atoms with Crippen LogP contribution in [0.1, 0.15) is 11.4 Å². The summed E-state index contributed by atoms with van der Waals surface area (Å²) in [6.07, 6.45) is -4.39. The van der Waals surface area contributed by atoms with E-state index in [1.165, 1.54) is 24.3 Å². The van der Waals surface area contributed by atoms with Gasteiger partial charge in [-0.2, -0.15) is 13.2 Å². The molecular formula is C21H14F3N2O3S-. The number of benzene rings is 3. The summed E-state index contributed by atoms with van der Waals surface area (Å²) in [5, 5.41) is 0. The lowest BCUT2D eigenvalue weighted by molar-refractivity contribution is -0.137. The fourth-order valence-electron chi connectivity index (χ4n) is 2.96. The number of hydrogen-bond acceptors (Lipinski definition) is 4. The van der Waals surface area contributed by atoms with Crippen molar-refractivity contribution in [3.05, 3.63) is 78.1 Å². The first-order valence-corrected chi connectivity index (χ1v) is 9.85. The van der Waals surface area contributed by atoms with Crippen LogP contribution in [0, 0.1) is 0 Å². The van der Waals surface area contributed by atoms with Crippen molar-refractivity contribution in [2.24, 2.45) is 0 Å². The summed E-state index contributed by atoms with van der Waals surface area (Å²) in [6, 6.07) is 16.5. The molecule has 0 radical (unpaired) electrons. The van der Waals surface area contributed by atoms with E-state index in [4.69, 9.17) is 4.74 Å². The molecule has 0 aliphatic heterocycles. The number of imidazole rings is 1. The highest BCUT2D eigenvalue weighted by atomic mass is 32.2. The first-order valence-electron chi connectivity index (χ1n) is 8.78. The third-order valence-corrected chi connectivity index (χ3v) is 5.13. The van der Waals surface area contributed by atoms with Crippen LogP contribution >= 0.6 is 0 Å². The number of nitrogens with one attached hydrogen (secondary N) is 1. The van der Waals surface area contributed by atoms with Gasteiger partial charge < -0.3 is 14.3 Å². The second-order valence-electron chi connectivity index (χ2n) is 6.49. The second-order valence-corrected chi connectivity index (χ2v) is 7.43. The highest BCUT2D eigenvalue weighted by molar-refractivity contribution is 7.79. The highest BCUT2D eigenvalue weighted by Crippen LogP contribution is 2.30. The highest BCUT2D eigenvalue weighted by Gasteiger charge is 2.30. The molecule has 1 N–H and O–H groups in total. The van der Waals surface area contributed by atoms with Crippen LogP contribution in [0.5, 0.6) is 5.75 Å². The van der Waals surface area contributed by atoms with Gasteiger partial charge in [0, 0.05) is 4.90 Å². The zero-order chi connectivity index (χ0) is 21.3. The lowest BCUT2D eigenvalue weighted by Crippen LogP contribution is -2.04. The molecule has 0 aliphatic rings. The Hall–Kier alpha value is -3.17. The Morgan fingerprint density at radius 2 is 1.63 bits per heavy atom. The monoisotopic (exact) mass is 431 g/mol. The van der Waals surface area contributed by atoms with Crippen molar-refractivity contribution >= 4 is 22.1 Å². The molecule has 1 heterocycles. The Morgan fingerprint density at radius 1 is 0.967 bits per heavy atom. The minimum absolute atomic E-state index is 0.0688. The summed E-state index contributed by atoms with van der Waals surface area (Å²) in [5.74, 6) is 0.833. The molecule has 154 valence electrons. The molecule has 4 aromatic rings. The Balaban J connectivity index is 1.49. The van der Waals surface area contributed by atoms with Gasteiger partial charge in [0.1, 0.15) is 18.2 Å². The van der Waals surface area contributed by atoms with E-state index in [-0.39, 0.29) is 11.5 Å². The number of fused-ring (bicyclic) bond motifs is 1. The predicted octanol–water partition coefficient (Wildman–Crippen LogP) is 5.07. The van der Waals surface area contributed by atoms with Gasteiger partial charge in [-0.3, -0.25) is 4.21 Å². The average molecular weight is 431 g/mol. The van der Waals surface area contributed by atoms with Crippen molar-refractivity contribution in [2.45, 2.75) is 17.7 Å². The van der Waals surface area contributed by atoms with Gasteiger partial charge >= 0.3 is 6.18 Å². The van der Waals surface area contributed by atoms with Crippen LogP contribution in [0.4, 0.5) is 13.2 Å². The summed E-state index contributed by atoms with van der Waals surface area (Å²) in [4.78, 5) is 7.75. The third kappa shape index (κ3) is 4.37. The molecule has 0 aliphatic carbocycles. The van der Waals surface area contributed by atoms with E-state index in [0.29, 0.717) is 17.1 Å². The van der Waals surface area contributed by atoms with Gasteiger partial charge in [0.25, 0.3) is 0 Å². The molecule has 1 unspecified atom stereocenters. The van der Waals surface area contributed by atoms with Crippen LogP contribution in [0.25, 0.3) is 22.2 Å². The first-order chi connectivity index (χ1) is 14.3. The Labute approximate surface area is 171 Å². The summed E-state index contributed by atoms with van der Waals surface area (Å²) in [6.45, 7) is 0.0688. The maximum Gasteiger partial charge on any atom is 0.416 e. The number of aromatic nitrogens is 2. The van der Waals surface area contributed by atoms with Crippen LogP contribution in [-0.2, 0) is 23.9 Å². The molecular weight excluding hydrogens is 417 g/mol. The zero-order valence-corrected chi connectivity index (χ0v) is 16.1. The minimum Gasteiger partial charge on any atom is -0.768 e. The quantitative estimate of drug-likeness (QED) is 0.448. The van der Waals surface area contributed by atoms with Gasteiger partial charge in [0.15, 0.2) is 0 Å². The fourth-order valence-corrected chi connectivity index (χ4v) is 3.32. The van der Waals surface area contributed by atoms with Crippen molar-refractivity contribution in [3.63, 3.8) is 0 Å². The minimum atomic E-state index is -4.39. The molecule has 5 nitrogen and oxygen atoms in total. The molecule has 3 aromatic carbocycles. The van der Waals surface area contributed by atoms with Gasteiger partial charge in [-0.1, -0.05) is 18.2 Å². The second kappa shape index (κ2) is 7.92. The van der Waals surface area contributed by atoms with Gasteiger partial charge in [0.2, 0.25) is 0 Å². The van der Waals surface area contributed by atoms with Gasteiger partial charge in [-0.05, 0) is 70.7 Å². The largest absolute Gasteiger partial charge is 0.768 e. The molecule has 4 rings (SSSR count). The predicted molar refractivity (Wildman–Crippen MR) is 104 cm³/mol. The number of rotatable bonds is 5. The summed E-state index contributed by atoms with van der Waals surface area (Å²) < 4.78 is 65.3. The van der Waals surface area contributed by atoms with E-state index in [2.05, 4.69) is 9.97 Å². The van der Waals surface area contributed by atoms with Crippen LogP contribution in [-0.4, -0.2) is 18.7 Å². The summed E-state index contributed by atoms with van der Waals surface area (Å²) in [7, 11) is 0. The topological polar surface area (TPSA) is 78.0 Å². The number of nitrogens with zero attached hydrogens (tertiary/aromatic N) is 1. The van der Waals surface area contributed by atoms with E-state index < -0.39 is 22.8 Å². The van der Waals surface area contributed by atoms with E-state index in [0.717, 1.165) is 28.8 Å². The SMILES string of the molecule is O=S([O-])c1ccc(-c2ccc3nc(COc4ccc(C(F)(F)F)cc4)[nH]c3c2)cc1. The average Bonchev–Trinajstić information content (AvgIpc) is 3.14. The third-order valence-electron chi connectivity index (χ3n) is 4.47. The standard InChI is InChI=1S/C21H15F3N2O3S/c22-21(23,24)15-4-6-16(7-5-15)29-12-20-25-18-10-3-14(11-19(18)26-20)13-1-8-17(9-2-13)30(27)28/h1-11H,12H2,(H,25,26)(H,27,28)/p-1. The Morgan fingerprint density at radius 3 is 2.27 bits per heavy atom. The van der Waals surface area contributed by atoms with Crippen molar-refractivity contribution < 1.29 is 26.7 Å². The number of halogens is 3. The van der Waals surface area contributed by atoms with Crippen LogP contribution in [0.15, 0.2) is 71.6 Å².